The molecule has 0 amide bonds. The van der Waals surface area contributed by atoms with E-state index in [1.165, 1.54) is 38.2 Å². The Morgan fingerprint density at radius 1 is 0.489 bits per heavy atom. The van der Waals surface area contributed by atoms with Gasteiger partial charge in [0.2, 0.25) is 0 Å². The molecule has 0 radical (unpaired) electrons. The topological polar surface area (TPSA) is 15.3 Å². The van der Waals surface area contributed by atoms with E-state index in [9.17, 15) is 0 Å². The molecule has 0 heterocycles. The van der Waals surface area contributed by atoms with Gasteiger partial charge in [0.1, 0.15) is 0 Å². The number of rotatable bonds is 9. The van der Waals surface area contributed by atoms with Gasteiger partial charge >= 0.3 is 0 Å². The summed E-state index contributed by atoms with van der Waals surface area (Å²) in [6.07, 6.45) is 1.91. The summed E-state index contributed by atoms with van der Waals surface area (Å²) in [6.45, 7) is 4.61. The minimum Gasteiger partial charge on any atom is -0.376 e. The van der Waals surface area contributed by atoms with Crippen LogP contribution in [-0.2, 0) is 5.54 Å². The van der Waals surface area contributed by atoms with Crippen LogP contribution >= 0.6 is 0 Å². The molecule has 0 unspecified atom stereocenters. The lowest BCUT2D eigenvalue weighted by molar-refractivity contribution is 0.456. The Morgan fingerprint density at radius 3 is 1.67 bits per heavy atom. The Hall–Kier alpha value is -5.34. The van der Waals surface area contributed by atoms with Crippen molar-refractivity contribution in [3.8, 4) is 11.1 Å². The highest BCUT2D eigenvalue weighted by atomic mass is 15.1. The van der Waals surface area contributed by atoms with Crippen molar-refractivity contribution in [1.29, 1.82) is 0 Å². The van der Waals surface area contributed by atoms with Crippen LogP contribution in [-0.4, -0.2) is 0 Å². The molecule has 0 spiro atoms. The molecule has 7 aromatic carbocycles. The van der Waals surface area contributed by atoms with Crippen LogP contribution in [0, 0.1) is 0 Å². The second-order valence-electron chi connectivity index (χ2n) is 11.7. The minimum atomic E-state index is -0.249. The number of nitrogens with zero attached hydrogens (tertiary/aromatic N) is 1. The Bertz CT molecular complexity index is 2000. The van der Waals surface area contributed by atoms with Gasteiger partial charge in [0, 0.05) is 22.7 Å². The molecule has 0 aliphatic heterocycles. The maximum absolute atomic E-state index is 4.04. The van der Waals surface area contributed by atoms with Crippen LogP contribution in [0.5, 0.6) is 0 Å². The van der Waals surface area contributed by atoms with E-state index >= 15 is 0 Å². The molecule has 0 bridgehead atoms. The molecule has 0 fully saturated rings. The smallest absolute Gasteiger partial charge is 0.0626 e. The van der Waals surface area contributed by atoms with Gasteiger partial charge < -0.3 is 10.2 Å². The van der Waals surface area contributed by atoms with Crippen molar-refractivity contribution in [2.75, 3.05) is 10.2 Å². The van der Waals surface area contributed by atoms with Gasteiger partial charge in [-0.3, -0.25) is 0 Å². The number of anilines is 4. The van der Waals surface area contributed by atoms with Gasteiger partial charge in [-0.25, -0.2) is 0 Å². The lowest BCUT2D eigenvalue weighted by atomic mass is 9.78. The minimum absolute atomic E-state index is 0.249. The maximum atomic E-state index is 4.04. The quantitative estimate of drug-likeness (QED) is 0.182. The van der Waals surface area contributed by atoms with Gasteiger partial charge in [-0.05, 0) is 99.6 Å². The summed E-state index contributed by atoms with van der Waals surface area (Å²) in [5.41, 5.74) is 8.14. The zero-order valence-electron chi connectivity index (χ0n) is 25.9. The highest BCUT2D eigenvalue weighted by molar-refractivity contribution is 5.99. The molecule has 45 heavy (non-hydrogen) atoms. The predicted octanol–water partition coefficient (Wildman–Crippen LogP) is 12.3. The van der Waals surface area contributed by atoms with E-state index in [4.69, 9.17) is 0 Å². The Kier molecular flexibility index (Phi) is 7.80. The first-order valence-electron chi connectivity index (χ1n) is 16.0. The fourth-order valence-electron chi connectivity index (χ4n) is 6.78. The summed E-state index contributed by atoms with van der Waals surface area (Å²) in [7, 11) is 0. The van der Waals surface area contributed by atoms with Crippen molar-refractivity contribution in [3.63, 3.8) is 0 Å². The van der Waals surface area contributed by atoms with Crippen molar-refractivity contribution in [2.24, 2.45) is 0 Å². The van der Waals surface area contributed by atoms with Crippen LogP contribution in [0.15, 0.2) is 164 Å². The summed E-state index contributed by atoms with van der Waals surface area (Å²) in [6, 6.07) is 59.0. The third kappa shape index (κ3) is 5.45. The molecule has 0 aliphatic carbocycles. The van der Waals surface area contributed by atoms with Crippen LogP contribution in [0.3, 0.4) is 0 Å². The van der Waals surface area contributed by atoms with Crippen LogP contribution in [0.2, 0.25) is 0 Å². The summed E-state index contributed by atoms with van der Waals surface area (Å²) in [5.74, 6) is 0. The van der Waals surface area contributed by atoms with E-state index in [-0.39, 0.29) is 5.54 Å². The fourth-order valence-corrected chi connectivity index (χ4v) is 6.78. The standard InChI is InChI=1S/C43H38N2/c1-3-43(4-2,44-36-27-23-32-15-11-12-17-35(32)31-36)41-30-26-33-16-13-14-22-40(33)42(41)34-24-28-39(29-25-34)45(37-18-7-5-8-19-37)38-20-9-6-10-21-38/h5-31,44H,3-4H2,1-2H3. The summed E-state index contributed by atoms with van der Waals surface area (Å²) < 4.78 is 0. The molecule has 0 atom stereocenters. The SMILES string of the molecule is CCC(CC)(Nc1ccc2ccccc2c1)c1ccc2ccccc2c1-c1ccc(N(c2ccccc2)c2ccccc2)cc1. The first kappa shape index (κ1) is 28.4. The van der Waals surface area contributed by atoms with Crippen molar-refractivity contribution < 1.29 is 0 Å². The van der Waals surface area contributed by atoms with Crippen molar-refractivity contribution in [3.05, 3.63) is 169 Å². The van der Waals surface area contributed by atoms with Crippen LogP contribution in [0.1, 0.15) is 32.3 Å². The molecule has 220 valence electrons. The van der Waals surface area contributed by atoms with E-state index in [0.29, 0.717) is 0 Å². The average Bonchev–Trinajstić information content (AvgIpc) is 3.11. The van der Waals surface area contributed by atoms with Gasteiger partial charge in [-0.15, -0.1) is 0 Å². The van der Waals surface area contributed by atoms with E-state index in [1.54, 1.807) is 0 Å². The van der Waals surface area contributed by atoms with Gasteiger partial charge in [0.15, 0.2) is 0 Å². The number of nitrogens with one attached hydrogen (secondary N) is 1. The second kappa shape index (κ2) is 12.3. The zero-order chi connectivity index (χ0) is 30.6. The van der Waals surface area contributed by atoms with Crippen molar-refractivity contribution in [2.45, 2.75) is 32.2 Å². The monoisotopic (exact) mass is 582 g/mol. The number of para-hydroxylation sites is 2. The van der Waals surface area contributed by atoms with E-state index in [0.717, 1.165) is 35.6 Å². The third-order valence-electron chi connectivity index (χ3n) is 9.23. The predicted molar refractivity (Wildman–Crippen MR) is 194 cm³/mol. The molecule has 2 heteroatoms. The van der Waals surface area contributed by atoms with Gasteiger partial charge in [0.25, 0.3) is 0 Å². The highest BCUT2D eigenvalue weighted by Gasteiger charge is 2.32. The molecule has 1 N–H and O–H groups in total. The van der Waals surface area contributed by atoms with Crippen LogP contribution in [0.25, 0.3) is 32.7 Å². The second-order valence-corrected chi connectivity index (χ2v) is 11.7. The molecule has 0 aliphatic rings. The summed E-state index contributed by atoms with van der Waals surface area (Å²) in [5, 5.41) is 9.07. The van der Waals surface area contributed by atoms with Gasteiger partial charge in [0.05, 0.1) is 5.54 Å². The highest BCUT2D eigenvalue weighted by Crippen LogP contribution is 2.44. The lowest BCUT2D eigenvalue weighted by Gasteiger charge is -2.37. The maximum Gasteiger partial charge on any atom is 0.0626 e. The molecule has 7 aromatic rings. The molecule has 7 rings (SSSR count). The van der Waals surface area contributed by atoms with Crippen molar-refractivity contribution >= 4 is 44.3 Å². The number of hydrogen-bond acceptors (Lipinski definition) is 2. The van der Waals surface area contributed by atoms with E-state index in [2.05, 4.69) is 188 Å². The molecule has 2 nitrogen and oxygen atoms in total. The molecule has 0 saturated carbocycles. The van der Waals surface area contributed by atoms with Gasteiger partial charge in [-0.1, -0.05) is 129 Å². The fraction of sp³-hybridized carbons (Fsp3) is 0.116. The summed E-state index contributed by atoms with van der Waals surface area (Å²) >= 11 is 0. The normalized spacial score (nSPS) is 11.5. The van der Waals surface area contributed by atoms with Crippen LogP contribution < -0.4 is 10.2 Å². The van der Waals surface area contributed by atoms with Gasteiger partial charge in [-0.2, -0.15) is 0 Å². The third-order valence-corrected chi connectivity index (χ3v) is 9.23. The zero-order valence-corrected chi connectivity index (χ0v) is 25.9. The number of hydrogen-bond donors (Lipinski definition) is 1. The number of fused-ring (bicyclic) bond motifs is 2. The van der Waals surface area contributed by atoms with Crippen LogP contribution in [0.4, 0.5) is 22.7 Å². The first-order valence-corrected chi connectivity index (χ1v) is 16.0. The average molecular weight is 583 g/mol. The number of benzene rings is 7. The Balaban J connectivity index is 1.36. The first-order chi connectivity index (χ1) is 22.2. The largest absolute Gasteiger partial charge is 0.376 e. The Labute approximate surface area is 266 Å². The Morgan fingerprint density at radius 2 is 1.02 bits per heavy atom. The van der Waals surface area contributed by atoms with Crippen molar-refractivity contribution in [1.82, 2.24) is 0 Å². The molecular weight excluding hydrogens is 544 g/mol. The molecule has 0 aromatic heterocycles. The van der Waals surface area contributed by atoms with E-state index in [1.807, 2.05) is 0 Å². The summed E-state index contributed by atoms with van der Waals surface area (Å²) in [4.78, 5) is 2.32. The molecule has 0 saturated heterocycles. The molecular formula is C43H38N2. The lowest BCUT2D eigenvalue weighted by Crippen LogP contribution is -2.34. The van der Waals surface area contributed by atoms with E-state index < -0.39 is 0 Å².